The normalized spacial score (nSPS) is 20.8. The molecule has 6 heteroatoms. The van der Waals surface area contributed by atoms with Crippen molar-refractivity contribution in [3.05, 3.63) is 35.4 Å². The van der Waals surface area contributed by atoms with Gasteiger partial charge in [0.2, 0.25) is 11.8 Å². The fourth-order valence-electron chi connectivity index (χ4n) is 3.54. The Morgan fingerprint density at radius 2 is 1.92 bits per heavy atom. The van der Waals surface area contributed by atoms with E-state index in [1.165, 1.54) is 0 Å². The van der Waals surface area contributed by atoms with Crippen molar-refractivity contribution in [3.63, 3.8) is 0 Å². The number of nitrogens with one attached hydrogen (secondary N) is 1. The van der Waals surface area contributed by atoms with Crippen LogP contribution in [0.2, 0.25) is 0 Å². The summed E-state index contributed by atoms with van der Waals surface area (Å²) in [6.45, 7) is 3.15. The number of amides is 3. The summed E-state index contributed by atoms with van der Waals surface area (Å²) in [5, 5.41) is 2.62. The molecule has 3 rings (SSSR count). The van der Waals surface area contributed by atoms with E-state index in [2.05, 4.69) is 5.32 Å². The fraction of sp³-hybridized carbons (Fsp3) is 0.526. The molecule has 134 valence electrons. The molecule has 1 aromatic carbocycles. The number of hydrogen-bond donors (Lipinski definition) is 1. The minimum Gasteiger partial charge on any atom is -0.355 e. The van der Waals surface area contributed by atoms with Crippen LogP contribution in [-0.2, 0) is 9.59 Å². The first-order chi connectivity index (χ1) is 12.0. The van der Waals surface area contributed by atoms with Gasteiger partial charge in [0.15, 0.2) is 0 Å². The molecule has 2 fully saturated rings. The highest BCUT2D eigenvalue weighted by Crippen LogP contribution is 2.33. The van der Waals surface area contributed by atoms with Crippen molar-refractivity contribution in [3.8, 4) is 0 Å². The van der Waals surface area contributed by atoms with Crippen LogP contribution < -0.4 is 5.32 Å². The molecule has 1 saturated heterocycles. The Kier molecular flexibility index (Phi) is 5.06. The van der Waals surface area contributed by atoms with E-state index >= 15 is 0 Å². The van der Waals surface area contributed by atoms with E-state index < -0.39 is 0 Å². The third kappa shape index (κ3) is 3.52. The number of carbonyl (C=O) groups is 3. The standard InChI is InChI=1S/C19H25N3O3/c1-13(23)21-9-10-22(19(25)14-5-3-6-14)17(12-21)15-7-4-8-16(11-15)18(24)20-2/h4,7-8,11,14,17H,3,5-6,9-10,12H2,1-2H3,(H,20,24)/t17-/m1/s1. The van der Waals surface area contributed by atoms with Crippen molar-refractivity contribution >= 4 is 17.7 Å². The Hall–Kier alpha value is -2.37. The predicted octanol–water partition coefficient (Wildman–Crippen LogP) is 1.58. The zero-order valence-corrected chi connectivity index (χ0v) is 14.8. The van der Waals surface area contributed by atoms with E-state index in [1.807, 2.05) is 23.1 Å². The number of hydrogen-bond acceptors (Lipinski definition) is 3. The summed E-state index contributed by atoms with van der Waals surface area (Å²) in [6, 6.07) is 7.15. The Morgan fingerprint density at radius 1 is 1.16 bits per heavy atom. The summed E-state index contributed by atoms with van der Waals surface area (Å²) in [6.07, 6.45) is 3.02. The van der Waals surface area contributed by atoms with Crippen LogP contribution in [0.25, 0.3) is 0 Å². The molecule has 1 heterocycles. The monoisotopic (exact) mass is 343 g/mol. The number of piperazine rings is 1. The summed E-state index contributed by atoms with van der Waals surface area (Å²) in [5.41, 5.74) is 1.47. The molecule has 0 unspecified atom stereocenters. The summed E-state index contributed by atoms with van der Waals surface area (Å²) >= 11 is 0. The van der Waals surface area contributed by atoms with Crippen LogP contribution in [0.5, 0.6) is 0 Å². The Labute approximate surface area is 148 Å². The zero-order valence-electron chi connectivity index (χ0n) is 14.8. The van der Waals surface area contributed by atoms with Gasteiger partial charge in [-0.25, -0.2) is 0 Å². The molecule has 3 amide bonds. The van der Waals surface area contributed by atoms with Crippen molar-refractivity contribution in [2.45, 2.75) is 32.2 Å². The largest absolute Gasteiger partial charge is 0.355 e. The van der Waals surface area contributed by atoms with Gasteiger partial charge in [0, 0.05) is 45.1 Å². The van der Waals surface area contributed by atoms with Crippen LogP contribution >= 0.6 is 0 Å². The van der Waals surface area contributed by atoms with Crippen molar-refractivity contribution in [2.75, 3.05) is 26.7 Å². The van der Waals surface area contributed by atoms with E-state index in [0.29, 0.717) is 25.2 Å². The van der Waals surface area contributed by atoms with Gasteiger partial charge in [0.1, 0.15) is 0 Å². The van der Waals surface area contributed by atoms with E-state index in [-0.39, 0.29) is 29.7 Å². The van der Waals surface area contributed by atoms with Crippen molar-refractivity contribution in [2.24, 2.45) is 5.92 Å². The highest BCUT2D eigenvalue weighted by molar-refractivity contribution is 5.94. The fourth-order valence-corrected chi connectivity index (χ4v) is 3.54. The highest BCUT2D eigenvalue weighted by atomic mass is 16.2. The van der Waals surface area contributed by atoms with Gasteiger partial charge < -0.3 is 15.1 Å². The van der Waals surface area contributed by atoms with E-state index in [1.54, 1.807) is 24.9 Å². The van der Waals surface area contributed by atoms with Crippen LogP contribution in [0.15, 0.2) is 24.3 Å². The molecule has 1 atom stereocenters. The minimum absolute atomic E-state index is 0.0169. The second-order valence-electron chi connectivity index (χ2n) is 6.84. The molecule has 1 aliphatic heterocycles. The van der Waals surface area contributed by atoms with Crippen molar-refractivity contribution in [1.29, 1.82) is 0 Å². The van der Waals surface area contributed by atoms with Gasteiger partial charge in [-0.3, -0.25) is 14.4 Å². The average molecular weight is 343 g/mol. The molecule has 6 nitrogen and oxygen atoms in total. The lowest BCUT2D eigenvalue weighted by molar-refractivity contribution is -0.147. The van der Waals surface area contributed by atoms with Crippen LogP contribution in [0, 0.1) is 5.92 Å². The van der Waals surface area contributed by atoms with Crippen LogP contribution in [0.3, 0.4) is 0 Å². The number of carbonyl (C=O) groups excluding carboxylic acids is 3. The highest BCUT2D eigenvalue weighted by Gasteiger charge is 2.37. The second kappa shape index (κ2) is 7.25. The molecule has 1 aliphatic carbocycles. The molecule has 0 radical (unpaired) electrons. The lowest BCUT2D eigenvalue weighted by atomic mass is 9.83. The molecular formula is C19H25N3O3. The third-order valence-electron chi connectivity index (χ3n) is 5.32. The quantitative estimate of drug-likeness (QED) is 0.906. The summed E-state index contributed by atoms with van der Waals surface area (Å²) in [5.74, 6) is 0.166. The number of nitrogens with zero attached hydrogens (tertiary/aromatic N) is 2. The predicted molar refractivity (Wildman–Crippen MR) is 93.9 cm³/mol. The van der Waals surface area contributed by atoms with Crippen LogP contribution in [0.4, 0.5) is 0 Å². The van der Waals surface area contributed by atoms with Crippen molar-refractivity contribution in [1.82, 2.24) is 15.1 Å². The van der Waals surface area contributed by atoms with Gasteiger partial charge in [-0.2, -0.15) is 0 Å². The summed E-state index contributed by atoms with van der Waals surface area (Å²) in [4.78, 5) is 40.3. The molecule has 25 heavy (non-hydrogen) atoms. The Balaban J connectivity index is 1.90. The molecule has 0 bridgehead atoms. The molecule has 2 aliphatic rings. The lowest BCUT2D eigenvalue weighted by Crippen LogP contribution is -2.53. The first-order valence-electron chi connectivity index (χ1n) is 8.89. The zero-order chi connectivity index (χ0) is 18.0. The second-order valence-corrected chi connectivity index (χ2v) is 6.84. The number of rotatable bonds is 3. The SMILES string of the molecule is CNC(=O)c1cccc([C@H]2CN(C(C)=O)CCN2C(=O)C2CCC2)c1. The number of benzene rings is 1. The van der Waals surface area contributed by atoms with Crippen LogP contribution in [0.1, 0.15) is 48.1 Å². The van der Waals surface area contributed by atoms with E-state index in [9.17, 15) is 14.4 Å². The summed E-state index contributed by atoms with van der Waals surface area (Å²) in [7, 11) is 1.60. The van der Waals surface area contributed by atoms with Gasteiger partial charge in [-0.1, -0.05) is 18.6 Å². The first kappa shape index (κ1) is 17.5. The maximum Gasteiger partial charge on any atom is 0.251 e. The molecule has 0 aromatic heterocycles. The summed E-state index contributed by atoms with van der Waals surface area (Å²) < 4.78 is 0. The van der Waals surface area contributed by atoms with E-state index in [0.717, 1.165) is 24.8 Å². The van der Waals surface area contributed by atoms with Gasteiger partial charge in [-0.15, -0.1) is 0 Å². The van der Waals surface area contributed by atoms with Gasteiger partial charge in [-0.05, 0) is 30.5 Å². The smallest absolute Gasteiger partial charge is 0.251 e. The maximum absolute atomic E-state index is 12.9. The molecule has 1 saturated carbocycles. The lowest BCUT2D eigenvalue weighted by Gasteiger charge is -2.44. The van der Waals surface area contributed by atoms with E-state index in [4.69, 9.17) is 0 Å². The molecule has 1 N–H and O–H groups in total. The topological polar surface area (TPSA) is 69.7 Å². The molecular weight excluding hydrogens is 318 g/mol. The van der Waals surface area contributed by atoms with Gasteiger partial charge >= 0.3 is 0 Å². The van der Waals surface area contributed by atoms with Crippen molar-refractivity contribution < 1.29 is 14.4 Å². The van der Waals surface area contributed by atoms with Gasteiger partial charge in [0.25, 0.3) is 5.91 Å². The molecule has 0 spiro atoms. The first-order valence-corrected chi connectivity index (χ1v) is 8.89. The Morgan fingerprint density at radius 3 is 2.52 bits per heavy atom. The Bertz CT molecular complexity index is 684. The maximum atomic E-state index is 12.9. The minimum atomic E-state index is -0.199. The molecule has 1 aromatic rings. The average Bonchev–Trinajstić information content (AvgIpc) is 2.59. The van der Waals surface area contributed by atoms with Gasteiger partial charge in [0.05, 0.1) is 6.04 Å². The van der Waals surface area contributed by atoms with Crippen LogP contribution in [-0.4, -0.2) is 54.2 Å². The third-order valence-corrected chi connectivity index (χ3v) is 5.32.